The van der Waals surface area contributed by atoms with E-state index < -0.39 is 44.0 Å². The van der Waals surface area contributed by atoms with Crippen LogP contribution in [-0.2, 0) is 66.3 Å². The van der Waals surface area contributed by atoms with E-state index in [1.807, 2.05) is 0 Å². The molecule has 21 aliphatic rings. The van der Waals surface area contributed by atoms with Crippen LogP contribution in [0.1, 0.15) is 145 Å². The molecule has 0 N–H and O–H groups in total. The van der Waals surface area contributed by atoms with Crippen LogP contribution in [0, 0.1) is 82.9 Å². The fourth-order valence-electron chi connectivity index (χ4n) is 13.5. The van der Waals surface area contributed by atoms with Crippen molar-refractivity contribution in [2.24, 2.45) is 82.9 Å². The molecular formula is C56H98O14. The Hall–Kier alpha value is -0.560. The lowest BCUT2D eigenvalue weighted by Crippen LogP contribution is -2.59. The van der Waals surface area contributed by atoms with Gasteiger partial charge in [0.1, 0.15) is 0 Å². The summed E-state index contributed by atoms with van der Waals surface area (Å²) in [5.74, 6) is 1.37. The van der Waals surface area contributed by atoms with E-state index in [1.165, 1.54) is 0 Å². The molecule has 406 valence electrons. The van der Waals surface area contributed by atoms with Crippen molar-refractivity contribution in [3.05, 3.63) is 0 Å². The molecule has 21 saturated heterocycles. The van der Waals surface area contributed by atoms with Gasteiger partial charge < -0.3 is 66.3 Å². The summed E-state index contributed by atoms with van der Waals surface area (Å²) in [6.45, 7) is 46.0. The normalized spacial score (nSPS) is 59.7. The second-order valence-corrected chi connectivity index (χ2v) is 24.7. The molecule has 35 atom stereocenters. The van der Waals surface area contributed by atoms with Gasteiger partial charge in [-0.2, -0.15) is 0 Å². The molecule has 14 unspecified atom stereocenters. The standard InChI is InChI=1S/C56H98O14/c1-22-29(8)50-57-36(15)43(22)64-51-30(9)23(2)45(38(17)58-51)66-53-32(11)25(4)47(40(19)60-53)68-55-34(13)27(6)49(42(21)62-55)70-56-35(14)28(7)48(41(20)63-56)69-54-33(12)26(5)46(39(18)61-54)67-52-31(10)24(3)44(65-50)37(16)59-52/h22-56H,1-21H3/t22-,23-,24-,25-,26-,27-,28-,29?,30?,31?,32?,33?,34?,35?,36?,37?,38?,39?,40?,41?,42?,43+,44+,45+,46+,47+,48+,49+,50-,51+,52+,53-,54-,55+,56+/m1/s1. The summed E-state index contributed by atoms with van der Waals surface area (Å²) in [7, 11) is 0. The van der Waals surface area contributed by atoms with E-state index in [0.29, 0.717) is 0 Å². The summed E-state index contributed by atoms with van der Waals surface area (Å²) in [6.07, 6.45) is -5.78. The van der Waals surface area contributed by atoms with E-state index in [-0.39, 0.29) is 168 Å². The van der Waals surface area contributed by atoms with Gasteiger partial charge in [0.05, 0.1) is 85.5 Å². The van der Waals surface area contributed by atoms with E-state index in [1.54, 1.807) is 0 Å². The Morgan fingerprint density at radius 1 is 0.129 bits per heavy atom. The second-order valence-electron chi connectivity index (χ2n) is 24.7. The van der Waals surface area contributed by atoms with Crippen molar-refractivity contribution in [1.29, 1.82) is 0 Å². The van der Waals surface area contributed by atoms with Crippen LogP contribution in [0.4, 0.5) is 0 Å². The molecule has 21 aliphatic heterocycles. The molecule has 0 amide bonds. The molecule has 0 aliphatic carbocycles. The number of hydrogen-bond donors (Lipinski definition) is 0. The van der Waals surface area contributed by atoms with Gasteiger partial charge in [0.2, 0.25) is 0 Å². The molecule has 14 bridgehead atoms. The van der Waals surface area contributed by atoms with Crippen molar-refractivity contribution in [2.75, 3.05) is 0 Å². The molecule has 0 saturated carbocycles. The van der Waals surface area contributed by atoms with E-state index >= 15 is 0 Å². The Balaban J connectivity index is 1.02. The summed E-state index contributed by atoms with van der Waals surface area (Å²) in [6, 6.07) is 0. The van der Waals surface area contributed by atoms with Crippen molar-refractivity contribution < 1.29 is 66.3 Å². The minimum atomic E-state index is -0.419. The number of ether oxygens (including phenoxy) is 14. The fraction of sp³-hybridized carbons (Fsp3) is 1.00. The van der Waals surface area contributed by atoms with Crippen LogP contribution in [0.25, 0.3) is 0 Å². The van der Waals surface area contributed by atoms with Crippen LogP contribution in [0.5, 0.6) is 0 Å². The first kappa shape index (κ1) is 55.7. The summed E-state index contributed by atoms with van der Waals surface area (Å²) in [4.78, 5) is 0. The molecule has 0 aromatic rings. The van der Waals surface area contributed by atoms with E-state index in [2.05, 4.69) is 145 Å². The Kier molecular flexibility index (Phi) is 17.6. The zero-order chi connectivity index (χ0) is 51.1. The molecule has 21 fully saturated rings. The highest BCUT2D eigenvalue weighted by molar-refractivity contribution is 4.96. The van der Waals surface area contributed by atoms with Gasteiger partial charge in [-0.25, -0.2) is 0 Å². The van der Waals surface area contributed by atoms with Gasteiger partial charge >= 0.3 is 0 Å². The van der Waals surface area contributed by atoms with E-state index in [4.69, 9.17) is 66.3 Å². The van der Waals surface area contributed by atoms with Crippen LogP contribution < -0.4 is 0 Å². The molecule has 14 nitrogen and oxygen atoms in total. The first-order valence-corrected chi connectivity index (χ1v) is 28.1. The van der Waals surface area contributed by atoms with E-state index in [9.17, 15) is 0 Å². The highest BCUT2D eigenvalue weighted by Gasteiger charge is 2.54. The highest BCUT2D eigenvalue weighted by atomic mass is 16.8. The second kappa shape index (κ2) is 22.2. The molecule has 0 aromatic carbocycles. The maximum absolute atomic E-state index is 6.97. The lowest BCUT2D eigenvalue weighted by molar-refractivity contribution is -0.364. The molecule has 0 radical (unpaired) electrons. The molecule has 21 rings (SSSR count). The number of rotatable bonds is 0. The van der Waals surface area contributed by atoms with Crippen molar-refractivity contribution in [1.82, 2.24) is 0 Å². The zero-order valence-corrected chi connectivity index (χ0v) is 46.9. The summed E-state index contributed by atoms with van der Waals surface area (Å²) < 4.78 is 96.1. The largest absolute Gasteiger partial charge is 0.347 e. The minimum absolute atomic E-state index is 0.0576. The van der Waals surface area contributed by atoms with Crippen molar-refractivity contribution in [3.63, 3.8) is 0 Å². The van der Waals surface area contributed by atoms with Crippen molar-refractivity contribution >= 4 is 0 Å². The highest BCUT2D eigenvalue weighted by Crippen LogP contribution is 2.46. The minimum Gasteiger partial charge on any atom is -0.347 e. The lowest BCUT2D eigenvalue weighted by atomic mass is 9.81. The van der Waals surface area contributed by atoms with Crippen molar-refractivity contribution in [2.45, 2.75) is 275 Å². The predicted molar refractivity (Wildman–Crippen MR) is 263 cm³/mol. The van der Waals surface area contributed by atoms with Gasteiger partial charge in [0, 0.05) is 41.4 Å². The molecule has 14 heteroatoms. The third-order valence-electron chi connectivity index (χ3n) is 20.2. The maximum atomic E-state index is 6.97. The van der Waals surface area contributed by atoms with Crippen LogP contribution in [-0.4, -0.2) is 129 Å². The van der Waals surface area contributed by atoms with Gasteiger partial charge in [-0.1, -0.05) is 96.9 Å². The average molecular weight is 995 g/mol. The molecule has 21 heterocycles. The smallest absolute Gasteiger partial charge is 0.161 e. The lowest BCUT2D eigenvalue weighted by Gasteiger charge is -2.51. The van der Waals surface area contributed by atoms with Gasteiger partial charge in [0.15, 0.2) is 44.0 Å². The topological polar surface area (TPSA) is 129 Å². The van der Waals surface area contributed by atoms with Crippen LogP contribution in [0.2, 0.25) is 0 Å². The number of hydrogen-bond acceptors (Lipinski definition) is 14. The zero-order valence-electron chi connectivity index (χ0n) is 46.9. The van der Waals surface area contributed by atoms with E-state index in [0.717, 1.165) is 0 Å². The third-order valence-corrected chi connectivity index (χ3v) is 20.2. The van der Waals surface area contributed by atoms with Gasteiger partial charge in [-0.3, -0.25) is 0 Å². The Labute approximate surface area is 422 Å². The summed E-state index contributed by atoms with van der Waals surface area (Å²) >= 11 is 0. The Morgan fingerprint density at radius 3 is 0.329 bits per heavy atom. The Bertz CT molecular complexity index is 1360. The van der Waals surface area contributed by atoms with Crippen LogP contribution >= 0.6 is 0 Å². The van der Waals surface area contributed by atoms with Crippen LogP contribution in [0.15, 0.2) is 0 Å². The monoisotopic (exact) mass is 995 g/mol. The molecule has 0 aromatic heterocycles. The van der Waals surface area contributed by atoms with Crippen LogP contribution in [0.3, 0.4) is 0 Å². The predicted octanol–water partition coefficient (Wildman–Crippen LogP) is 9.82. The summed E-state index contributed by atoms with van der Waals surface area (Å²) in [5.41, 5.74) is 0. The SMILES string of the molecule is CC1[C@@H]2OC(C)[C@@H](O[C@@H]3OC(C)[C@@H](O[C@H]4OC(C)[C@@H](O[C@@H]5OC(C)[C@@H](O[C@@H]6OC(C)[C@@H](O[C@H]7OC(C)[C@@H](O[C@@H]8OC(C)[C@@H](O2)[C@H](C)C8C)[C@H](C)C7C)[C@H](C)C6C)[C@H](C)C5C)[C@H](C)C4C)[C@H](C)C3C)[C@@H]1C. The van der Waals surface area contributed by atoms with Gasteiger partial charge in [-0.15, -0.1) is 0 Å². The van der Waals surface area contributed by atoms with Gasteiger partial charge in [0.25, 0.3) is 0 Å². The first-order chi connectivity index (χ1) is 32.9. The van der Waals surface area contributed by atoms with Crippen molar-refractivity contribution in [3.8, 4) is 0 Å². The Morgan fingerprint density at radius 2 is 0.229 bits per heavy atom. The molecule has 0 spiro atoms. The average Bonchev–Trinajstić information content (AvgIpc) is 3.31. The first-order valence-electron chi connectivity index (χ1n) is 28.1. The summed E-state index contributed by atoms with van der Waals surface area (Å²) in [5, 5.41) is 0. The van der Waals surface area contributed by atoms with Gasteiger partial charge in [-0.05, 0) is 89.9 Å². The fourth-order valence-corrected chi connectivity index (χ4v) is 13.5. The third kappa shape index (κ3) is 10.6. The molecular weight excluding hydrogens is 897 g/mol. The molecule has 70 heavy (non-hydrogen) atoms. The maximum Gasteiger partial charge on any atom is 0.161 e. The quantitative estimate of drug-likeness (QED) is 0.228.